The molecule has 16 heteroatoms. The highest BCUT2D eigenvalue weighted by atomic mass is 32.2. The van der Waals surface area contributed by atoms with E-state index in [-0.39, 0.29) is 37.5 Å². The van der Waals surface area contributed by atoms with Gasteiger partial charge >= 0.3 is 11.9 Å². The van der Waals surface area contributed by atoms with Crippen LogP contribution in [0.5, 0.6) is 0 Å². The zero-order chi connectivity index (χ0) is 32.3. The Kier molecular flexibility index (Phi) is 13.6. The van der Waals surface area contributed by atoms with Gasteiger partial charge in [-0.05, 0) is 30.6 Å². The largest absolute Gasteiger partial charge is 0.481 e. The van der Waals surface area contributed by atoms with Crippen molar-refractivity contribution < 1.29 is 48.6 Å². The van der Waals surface area contributed by atoms with Gasteiger partial charge in [-0.3, -0.25) is 33.6 Å². The minimum Gasteiger partial charge on any atom is -0.481 e. The van der Waals surface area contributed by atoms with Gasteiger partial charge in [-0.1, -0.05) is 20.3 Å². The first-order valence-corrected chi connectivity index (χ1v) is 15.0. The number of hydrogen-bond acceptors (Lipinski definition) is 9. The fourth-order valence-electron chi connectivity index (χ4n) is 4.77. The molecule has 0 aromatic heterocycles. The molecule has 15 nitrogen and oxygen atoms in total. The molecule has 0 aromatic carbocycles. The molecular weight excluding hydrogens is 586 g/mol. The summed E-state index contributed by atoms with van der Waals surface area (Å²) in [5.41, 5.74) is 0.541. The van der Waals surface area contributed by atoms with Gasteiger partial charge in [-0.15, -0.1) is 11.8 Å². The summed E-state index contributed by atoms with van der Waals surface area (Å²) < 4.78 is 0. The molecule has 43 heavy (non-hydrogen) atoms. The minimum atomic E-state index is -1.41. The smallest absolute Gasteiger partial charge is 0.305 e. The highest BCUT2D eigenvalue weighted by Crippen LogP contribution is 2.25. The van der Waals surface area contributed by atoms with Crippen LogP contribution in [0, 0.1) is 5.92 Å². The van der Waals surface area contributed by atoms with Gasteiger partial charge in [-0.25, -0.2) is 0 Å². The van der Waals surface area contributed by atoms with Crippen molar-refractivity contribution in [2.45, 2.75) is 89.5 Å². The Morgan fingerprint density at radius 3 is 2.33 bits per heavy atom. The van der Waals surface area contributed by atoms with E-state index in [0.717, 1.165) is 10.7 Å². The van der Waals surface area contributed by atoms with Crippen LogP contribution in [0.3, 0.4) is 0 Å². The van der Waals surface area contributed by atoms with E-state index in [0.29, 0.717) is 18.4 Å². The van der Waals surface area contributed by atoms with Gasteiger partial charge in [-0.2, -0.15) is 0 Å². The van der Waals surface area contributed by atoms with Crippen LogP contribution in [0.1, 0.15) is 59.3 Å². The summed E-state index contributed by atoms with van der Waals surface area (Å²) >= 11 is 1.47. The maximum Gasteiger partial charge on any atom is 0.305 e. The third-order valence-corrected chi connectivity index (χ3v) is 8.12. The van der Waals surface area contributed by atoms with Crippen molar-refractivity contribution in [3.8, 4) is 0 Å². The summed E-state index contributed by atoms with van der Waals surface area (Å²) in [7, 11) is 0. The average Bonchev–Trinajstić information content (AvgIpc) is 3.63. The van der Waals surface area contributed by atoms with Crippen molar-refractivity contribution in [3.05, 3.63) is 11.0 Å². The SMILES string of the molecule is CC[C@H](C)[C@H](NC(C)=O)C(=O)N[C@@H](CCC(=O)O)C(=O)N1C[C@H](NC(=O)C2=CSCC2)C[C@H]1C(=O)N[C@H](C=O)CC(=O)O. The quantitative estimate of drug-likeness (QED) is 0.116. The number of carboxylic acids is 2. The third-order valence-electron chi connectivity index (χ3n) is 7.23. The fourth-order valence-corrected chi connectivity index (χ4v) is 5.65. The van der Waals surface area contributed by atoms with Crippen LogP contribution in [-0.2, 0) is 38.4 Å². The topological polar surface area (TPSA) is 228 Å². The Balaban J connectivity index is 2.36. The van der Waals surface area contributed by atoms with Gasteiger partial charge in [0.05, 0.1) is 12.5 Å². The van der Waals surface area contributed by atoms with Crippen LogP contribution in [0.4, 0.5) is 0 Å². The first-order valence-electron chi connectivity index (χ1n) is 14.0. The average molecular weight is 626 g/mol. The molecule has 2 aliphatic heterocycles. The molecular formula is C27H39N5O10S. The number of thioether (sulfide) groups is 1. The van der Waals surface area contributed by atoms with Crippen LogP contribution >= 0.6 is 11.8 Å². The third kappa shape index (κ3) is 10.7. The van der Waals surface area contributed by atoms with Crippen molar-refractivity contribution in [2.75, 3.05) is 12.3 Å². The van der Waals surface area contributed by atoms with E-state index in [1.165, 1.54) is 18.7 Å². The number of carbonyl (C=O) groups excluding carboxylic acids is 6. The number of aliphatic carboxylic acids is 2. The molecule has 238 valence electrons. The Bertz CT molecular complexity index is 1150. The van der Waals surface area contributed by atoms with E-state index < -0.39 is 78.6 Å². The second-order valence-corrected chi connectivity index (χ2v) is 11.6. The van der Waals surface area contributed by atoms with Crippen molar-refractivity contribution in [3.63, 3.8) is 0 Å². The number of carbonyl (C=O) groups is 8. The second-order valence-electron chi connectivity index (χ2n) is 10.6. The van der Waals surface area contributed by atoms with Crippen molar-refractivity contribution in [2.24, 2.45) is 5.92 Å². The molecule has 2 heterocycles. The normalized spacial score (nSPS) is 20.5. The van der Waals surface area contributed by atoms with Crippen LogP contribution < -0.4 is 21.3 Å². The standard InChI is InChI=1S/C27H39N5O10S/c1-4-14(2)23(28-15(3)34)26(41)31-19(5-6-21(35)36)27(42)32-11-17(29-24(39)16-7-8-43-13-16)9-20(32)25(40)30-18(12-33)10-22(37)38/h12-14,17-20,23H,4-11H2,1-3H3,(H,28,34)(H,29,39)(H,30,40)(H,31,41)(H,35,36)(H,37,38)/t14-,17+,18-,19-,20-,23-/m0/s1. The number of aldehydes is 1. The van der Waals surface area contributed by atoms with Crippen LogP contribution in [0.2, 0.25) is 0 Å². The lowest BCUT2D eigenvalue weighted by molar-refractivity contribution is -0.144. The van der Waals surface area contributed by atoms with Gasteiger partial charge in [0.1, 0.15) is 24.4 Å². The molecule has 0 bridgehead atoms. The number of carboxylic acid groups (broad SMARTS) is 2. The Morgan fingerprint density at radius 1 is 1.09 bits per heavy atom. The molecule has 0 aliphatic carbocycles. The number of nitrogens with zero attached hydrogens (tertiary/aromatic N) is 1. The van der Waals surface area contributed by atoms with E-state index in [4.69, 9.17) is 5.11 Å². The zero-order valence-electron chi connectivity index (χ0n) is 24.3. The number of rotatable bonds is 16. The monoisotopic (exact) mass is 625 g/mol. The van der Waals surface area contributed by atoms with E-state index in [1.807, 2.05) is 0 Å². The van der Waals surface area contributed by atoms with Crippen LogP contribution in [0.15, 0.2) is 11.0 Å². The first-order chi connectivity index (χ1) is 20.3. The highest BCUT2D eigenvalue weighted by molar-refractivity contribution is 8.02. The number of likely N-dealkylation sites (tertiary alicyclic amines) is 1. The second kappa shape index (κ2) is 16.6. The lowest BCUT2D eigenvalue weighted by Crippen LogP contribution is -2.58. The zero-order valence-corrected chi connectivity index (χ0v) is 25.1. The lowest BCUT2D eigenvalue weighted by Gasteiger charge is -2.31. The molecule has 1 saturated heterocycles. The molecule has 0 spiro atoms. The van der Waals surface area contributed by atoms with Crippen molar-refractivity contribution in [1.82, 2.24) is 26.2 Å². The predicted octanol–water partition coefficient (Wildman–Crippen LogP) is -0.848. The van der Waals surface area contributed by atoms with E-state index in [9.17, 15) is 43.5 Å². The fraction of sp³-hybridized carbons (Fsp3) is 0.630. The van der Waals surface area contributed by atoms with Gasteiger partial charge in [0.15, 0.2) is 0 Å². The maximum atomic E-state index is 13.9. The Labute approximate surface area is 252 Å². The molecule has 6 N–H and O–H groups in total. The van der Waals surface area contributed by atoms with E-state index in [1.54, 1.807) is 19.3 Å². The van der Waals surface area contributed by atoms with Crippen molar-refractivity contribution in [1.29, 1.82) is 0 Å². The molecule has 2 rings (SSSR count). The molecule has 0 radical (unpaired) electrons. The van der Waals surface area contributed by atoms with Gasteiger partial charge in [0.25, 0.3) is 0 Å². The molecule has 5 amide bonds. The molecule has 0 aromatic rings. The van der Waals surface area contributed by atoms with Gasteiger partial charge in [0, 0.05) is 37.3 Å². The number of nitrogens with one attached hydrogen (secondary N) is 4. The molecule has 2 aliphatic rings. The Morgan fingerprint density at radius 2 is 1.79 bits per heavy atom. The summed E-state index contributed by atoms with van der Waals surface area (Å²) in [6.07, 6.45) is -0.319. The molecule has 0 saturated carbocycles. The predicted molar refractivity (Wildman–Crippen MR) is 153 cm³/mol. The Hall–Kier alpha value is -3.95. The molecule has 6 atom stereocenters. The number of amides is 5. The minimum absolute atomic E-state index is 0.0800. The summed E-state index contributed by atoms with van der Waals surface area (Å²) in [6, 6.07) is -5.80. The molecule has 1 fully saturated rings. The first kappa shape index (κ1) is 35.2. The highest BCUT2D eigenvalue weighted by Gasteiger charge is 2.43. The summed E-state index contributed by atoms with van der Waals surface area (Å²) in [4.78, 5) is 99.8. The summed E-state index contributed by atoms with van der Waals surface area (Å²) in [5, 5.41) is 30.2. The summed E-state index contributed by atoms with van der Waals surface area (Å²) in [5.74, 6) is -5.40. The maximum absolute atomic E-state index is 13.9. The van der Waals surface area contributed by atoms with Crippen molar-refractivity contribution >= 4 is 59.5 Å². The van der Waals surface area contributed by atoms with Crippen LogP contribution in [-0.4, -0.2) is 105 Å². The summed E-state index contributed by atoms with van der Waals surface area (Å²) in [6.45, 7) is 4.59. The molecule has 0 unspecified atom stereocenters. The van der Waals surface area contributed by atoms with Crippen LogP contribution in [0.25, 0.3) is 0 Å². The lowest BCUT2D eigenvalue weighted by atomic mass is 9.97. The van der Waals surface area contributed by atoms with E-state index in [2.05, 4.69) is 21.3 Å². The van der Waals surface area contributed by atoms with Gasteiger partial charge in [0.2, 0.25) is 29.5 Å². The number of hydrogen-bond donors (Lipinski definition) is 6. The van der Waals surface area contributed by atoms with E-state index >= 15 is 0 Å². The van der Waals surface area contributed by atoms with Gasteiger partial charge < -0.3 is 41.2 Å².